The number of aryl methyl sites for hydroxylation is 1. The van der Waals surface area contributed by atoms with Crippen LogP contribution in [0.3, 0.4) is 0 Å². The van der Waals surface area contributed by atoms with Gasteiger partial charge >= 0.3 is 206 Å². The van der Waals surface area contributed by atoms with Crippen molar-refractivity contribution < 1.29 is 110 Å². The average molecular weight is 2270 g/mol. The summed E-state index contributed by atoms with van der Waals surface area (Å²) in [4.78, 5) is 21.5. The van der Waals surface area contributed by atoms with E-state index in [9.17, 15) is 25.5 Å². The molecule has 5 N–H and O–H groups in total. The number of halogens is 11. The first-order valence-electron chi connectivity index (χ1n) is 30.5. The van der Waals surface area contributed by atoms with Gasteiger partial charge in [-0.25, -0.2) is 0 Å². The van der Waals surface area contributed by atoms with Gasteiger partial charge in [-0.05, 0) is 145 Å². The zero-order valence-electron chi connectivity index (χ0n) is 56.8. The molecule has 0 atom stereocenters. The third-order valence-electron chi connectivity index (χ3n) is 12.9. The summed E-state index contributed by atoms with van der Waals surface area (Å²) < 4.78 is 10.7. The molecule has 0 unspecified atom stereocenters. The molecule has 0 aliphatic carbocycles. The molecule has 542 valence electrons. The van der Waals surface area contributed by atoms with Gasteiger partial charge in [0.15, 0.2) is 23.0 Å². The summed E-state index contributed by atoms with van der Waals surface area (Å²) in [7, 11) is -0.00824. The van der Waals surface area contributed by atoms with Gasteiger partial charge in [-0.1, -0.05) is 177 Å². The Labute approximate surface area is 730 Å². The van der Waals surface area contributed by atoms with Crippen LogP contribution in [0.1, 0.15) is 33.4 Å². The van der Waals surface area contributed by atoms with Gasteiger partial charge in [-0.15, -0.1) is 0 Å². The SMILES string of the molecule is COc1cccc(C=Nc2ccccc2)c1O.C[Si](C)(C)c1cccc(C=Nc2ccccc2)c1O.Cc1ccc(C=Nc2ccccc2)c(O)c1.Oc1c(C=Nc2ccccc2)cccc1Oc1ccccc1.Oc1c(Cl)cccc1C=Nc1ccccc1.[Br][Ti][Br].[Br][Ti][Br].[Br][Ti][Br].[Br][Ti][Br].[Br][Ti][Br]. The minimum absolute atomic E-state index is 0.0591. The second kappa shape index (κ2) is 61.9. The van der Waals surface area contributed by atoms with Crippen molar-refractivity contribution in [2.45, 2.75) is 26.6 Å². The van der Waals surface area contributed by atoms with Crippen LogP contribution in [-0.2, 0) is 74.8 Å². The predicted molar refractivity (Wildman–Crippen MR) is 464 cm³/mol. The van der Waals surface area contributed by atoms with E-state index >= 15 is 0 Å². The van der Waals surface area contributed by atoms with E-state index in [0.717, 1.165) is 50.3 Å². The molecule has 11 aromatic rings. The van der Waals surface area contributed by atoms with Crippen LogP contribution < -0.4 is 14.7 Å². The average Bonchev–Trinajstić information content (AvgIpc) is 0.826. The van der Waals surface area contributed by atoms with Gasteiger partial charge in [0.2, 0.25) is 0 Å². The summed E-state index contributed by atoms with van der Waals surface area (Å²) in [6.07, 6.45) is 8.24. The molecule has 0 bridgehead atoms. The Kier molecular flexibility index (Phi) is 57.9. The van der Waals surface area contributed by atoms with E-state index < -0.39 is 8.07 Å². The molecule has 0 amide bonds. The van der Waals surface area contributed by atoms with E-state index in [1.807, 2.05) is 231 Å². The fourth-order valence-electron chi connectivity index (χ4n) is 8.11. The fraction of sp³-hybridized carbons (Fsp3) is 0.0658. The number of methoxy groups -OCH3 is 1. The summed E-state index contributed by atoms with van der Waals surface area (Å²) in [6.45, 7) is 8.61. The molecular formula is C76H70Br10ClN5O7SiTi5. The van der Waals surface area contributed by atoms with Gasteiger partial charge in [0.05, 0.1) is 48.6 Å². The first kappa shape index (κ1) is 98.3. The van der Waals surface area contributed by atoms with Crippen LogP contribution in [0.4, 0.5) is 28.4 Å². The van der Waals surface area contributed by atoms with E-state index in [1.165, 1.54) is 7.11 Å². The van der Waals surface area contributed by atoms with Crippen molar-refractivity contribution in [2.24, 2.45) is 25.0 Å². The van der Waals surface area contributed by atoms with Crippen molar-refractivity contribution in [3.8, 4) is 46.0 Å². The normalized spacial score (nSPS) is 10.1. The number of para-hydroxylation sites is 10. The maximum atomic E-state index is 10.3. The molecule has 12 nitrogen and oxygen atoms in total. The standard InChI is InChI=1S/C19H15NO2.C16H19NOSi.C14H13NO2.C14H13NO.C13H10ClNO.10BrH.5Ti/c21-19-15(14-20-16-9-3-1-4-10-16)8-7-13-18(19)22-17-11-5-2-6-12-17;1-19(2,3)15-11-7-8-13(16(15)18)12-17-14-9-5-4-6-10-14;1-17-13-9-5-6-11(14(13)16)10-15-12-7-3-2-4-8-12;1-11-7-8-12(14(16)9-11)10-15-13-5-3-2-4-6-13;14-12-8-4-5-10(13(12)16)9-15-11-6-2-1-3-7-11;;;;;;;;;;;;;;;/h1-14,21H;4-12,18H,1-3H3;2-10,16H,1H3;2-10,16H,1H3;1-9,16H;10*1H;;;;;/q;;;;;;;;;;;;;;;5*+2/p-10. The number of aliphatic imine (C=N–C) groups is 5. The van der Waals surface area contributed by atoms with Gasteiger partial charge in [0.1, 0.15) is 23.0 Å². The summed E-state index contributed by atoms with van der Waals surface area (Å²) in [6, 6.07) is 84.6. The van der Waals surface area contributed by atoms with Crippen LogP contribution in [0.15, 0.2) is 298 Å². The molecule has 0 fully saturated rings. The molecule has 0 saturated heterocycles. The Bertz CT molecular complexity index is 4290. The molecule has 0 aromatic heterocycles. The maximum absolute atomic E-state index is 10.3. The van der Waals surface area contributed by atoms with Crippen LogP contribution in [0.5, 0.6) is 46.0 Å². The summed E-state index contributed by atoms with van der Waals surface area (Å²) in [5, 5.41) is 51.2. The van der Waals surface area contributed by atoms with Gasteiger partial charge in [0.25, 0.3) is 0 Å². The number of phenols is 5. The second-order valence-corrected chi connectivity index (χ2v) is 65.9. The molecule has 0 aliphatic heterocycles. The van der Waals surface area contributed by atoms with E-state index in [2.05, 4.69) is 176 Å². The Morgan fingerprint density at radius 2 is 0.619 bits per heavy atom. The molecule has 0 saturated carbocycles. The molecule has 105 heavy (non-hydrogen) atoms. The van der Waals surface area contributed by atoms with E-state index in [1.54, 1.807) is 79.6 Å². The van der Waals surface area contributed by atoms with Crippen molar-refractivity contribution in [1.29, 1.82) is 0 Å². The molecule has 29 heteroatoms. The zero-order chi connectivity index (χ0) is 77.5. The summed E-state index contributed by atoms with van der Waals surface area (Å²) >= 11 is 38.3. The first-order chi connectivity index (χ1) is 50.7. The van der Waals surface area contributed by atoms with Gasteiger partial charge < -0.3 is 35.0 Å². The van der Waals surface area contributed by atoms with E-state index in [4.69, 9.17) is 21.1 Å². The quantitative estimate of drug-likeness (QED) is 0.0530. The topological polar surface area (TPSA) is 181 Å². The molecule has 0 spiro atoms. The Morgan fingerprint density at radius 3 is 0.952 bits per heavy atom. The van der Waals surface area contributed by atoms with E-state index in [-0.39, 0.29) is 97.8 Å². The summed E-state index contributed by atoms with van der Waals surface area (Å²) in [5.74, 6) is 2.41. The number of hydrogen-bond donors (Lipinski definition) is 5. The van der Waals surface area contributed by atoms with E-state index in [0.29, 0.717) is 44.7 Å². The number of hydrogen-bond acceptors (Lipinski definition) is 12. The number of ether oxygens (including phenoxy) is 2. The molecule has 11 rings (SSSR count). The first-order valence-corrected chi connectivity index (χ1v) is 73.0. The molecule has 0 aliphatic rings. The Balaban J connectivity index is 0.000000426. The van der Waals surface area contributed by atoms with Gasteiger partial charge in [-0.3, -0.25) is 25.0 Å². The number of rotatable bonds is 14. The van der Waals surface area contributed by atoms with Crippen molar-refractivity contribution in [1.82, 2.24) is 0 Å². The van der Waals surface area contributed by atoms with Crippen LogP contribution in [-0.4, -0.2) is 71.8 Å². The van der Waals surface area contributed by atoms with Gasteiger partial charge in [-0.2, -0.15) is 0 Å². The third kappa shape index (κ3) is 43.6. The number of nitrogens with zero attached hydrogens (tertiary/aromatic N) is 5. The van der Waals surface area contributed by atoms with Gasteiger partial charge in [0, 0.05) is 58.9 Å². The third-order valence-corrected chi connectivity index (χ3v) is 15.2. The minimum atomic E-state index is -1.53. The van der Waals surface area contributed by atoms with Crippen molar-refractivity contribution in [2.75, 3.05) is 7.11 Å². The van der Waals surface area contributed by atoms with Crippen LogP contribution in [0, 0.1) is 6.92 Å². The van der Waals surface area contributed by atoms with Crippen LogP contribution in [0.2, 0.25) is 24.7 Å². The molecular weight excluding hydrogens is 2200 g/mol. The fourth-order valence-corrected chi connectivity index (χ4v) is 9.74. The monoisotopic (exact) mass is 2260 g/mol. The van der Waals surface area contributed by atoms with Crippen molar-refractivity contribution in [3.63, 3.8) is 0 Å². The second-order valence-electron chi connectivity index (χ2n) is 21.1. The summed E-state index contributed by atoms with van der Waals surface area (Å²) in [5.41, 5.74) is 8.67. The Hall–Kier alpha value is -2.75. The van der Waals surface area contributed by atoms with Crippen LogP contribution >= 0.6 is 143 Å². The zero-order valence-corrected chi connectivity index (χ0v) is 82.2. The Morgan fingerprint density at radius 1 is 0.333 bits per heavy atom. The molecule has 0 radical (unpaired) electrons. The molecule has 0 heterocycles. The van der Waals surface area contributed by atoms with Crippen molar-refractivity contribution in [3.05, 3.63) is 311 Å². The number of aromatic hydroxyl groups is 5. The number of benzene rings is 11. The van der Waals surface area contributed by atoms with Crippen LogP contribution in [0.25, 0.3) is 0 Å². The molecule has 11 aromatic carbocycles. The van der Waals surface area contributed by atoms with Crippen molar-refractivity contribution >= 4 is 216 Å². The predicted octanol–water partition coefficient (Wildman–Crippen LogP) is 27.5. The number of phenolic OH excluding ortho intramolecular Hbond substituents is 5.